The fourth-order valence-electron chi connectivity index (χ4n) is 4.62. The molecule has 15 nitrogen and oxygen atoms in total. The number of tetrazole rings is 1. The summed E-state index contributed by atoms with van der Waals surface area (Å²) in [6.45, 7) is 5.37. The fraction of sp³-hybridized carbons (Fsp3) is 0.524. The van der Waals surface area contributed by atoms with Gasteiger partial charge in [0.15, 0.2) is 10.8 Å². The number of carbonyl (C=O) groups excluding carboxylic acids is 3. The number of piperidine rings is 1. The highest BCUT2D eigenvalue weighted by atomic mass is 32.2. The molecule has 3 atom stereocenters. The molecule has 0 saturated carbocycles. The van der Waals surface area contributed by atoms with Gasteiger partial charge in [0.1, 0.15) is 24.4 Å². The minimum Gasteiger partial charge on any atom is -0.428 e. The number of rotatable bonds is 6. The van der Waals surface area contributed by atoms with E-state index in [4.69, 9.17) is 20.0 Å². The number of thioether (sulfide) groups is 1. The second-order valence-corrected chi connectivity index (χ2v) is 11.6. The van der Waals surface area contributed by atoms with Gasteiger partial charge in [0, 0.05) is 24.9 Å². The van der Waals surface area contributed by atoms with Gasteiger partial charge >= 0.3 is 6.16 Å². The zero-order valence-electron chi connectivity index (χ0n) is 21.1. The van der Waals surface area contributed by atoms with Gasteiger partial charge < -0.3 is 24.9 Å². The molecule has 0 bridgehead atoms. The van der Waals surface area contributed by atoms with Crippen LogP contribution in [0.3, 0.4) is 0 Å². The smallest absolute Gasteiger partial charge is 0.428 e. The largest absolute Gasteiger partial charge is 0.515 e. The van der Waals surface area contributed by atoms with E-state index in [9.17, 15) is 14.4 Å². The van der Waals surface area contributed by atoms with Gasteiger partial charge in [-0.25, -0.2) is 14.5 Å². The van der Waals surface area contributed by atoms with Gasteiger partial charge in [-0.05, 0) is 49.4 Å². The van der Waals surface area contributed by atoms with Gasteiger partial charge in [-0.2, -0.15) is 0 Å². The standard InChI is InChI=1S/C21H25N9O6S2/c1-21(2,3)36-20(33)35-17-14(38-19-24-26-27-28(19)4)9-6-7-29(13-12(9)30(17)16(13)32)15(31)11(25-34-5)10-8-37-18(22)23-10/h8-9,12-13H,6-7H2,1-5H3,(H2,22,23)/b25-11-/t9?,12-,13+/m1/s1. The molecule has 5 rings (SSSR count). The van der Waals surface area contributed by atoms with E-state index in [0.717, 1.165) is 11.3 Å². The van der Waals surface area contributed by atoms with E-state index in [1.807, 2.05) is 0 Å². The first-order valence-electron chi connectivity index (χ1n) is 11.5. The molecular formula is C21H25N9O6S2. The van der Waals surface area contributed by atoms with Crippen LogP contribution < -0.4 is 5.73 Å². The second kappa shape index (κ2) is 9.54. The highest BCUT2D eigenvalue weighted by Crippen LogP contribution is 2.53. The number of thiazole rings is 1. The van der Waals surface area contributed by atoms with E-state index in [1.54, 1.807) is 33.2 Å². The number of likely N-dealkylation sites (tertiary alicyclic amines) is 1. The van der Waals surface area contributed by atoms with Crippen LogP contribution in [0, 0.1) is 5.92 Å². The maximum atomic E-state index is 13.6. The van der Waals surface area contributed by atoms with Crippen LogP contribution in [0.5, 0.6) is 0 Å². The number of β-lactam (4-membered cyclic amide) rings is 1. The average Bonchev–Trinajstić information content (AvgIpc) is 3.52. The van der Waals surface area contributed by atoms with E-state index in [0.29, 0.717) is 16.5 Å². The summed E-state index contributed by atoms with van der Waals surface area (Å²) < 4.78 is 12.4. The Morgan fingerprint density at radius 2 is 2.08 bits per heavy atom. The van der Waals surface area contributed by atoms with E-state index in [2.05, 4.69) is 25.7 Å². The van der Waals surface area contributed by atoms with Gasteiger partial charge in [0.2, 0.25) is 11.0 Å². The molecule has 202 valence electrons. The number of nitrogen functional groups attached to an aromatic ring is 1. The first-order valence-corrected chi connectivity index (χ1v) is 13.2. The summed E-state index contributed by atoms with van der Waals surface area (Å²) in [4.78, 5) is 52.2. The molecule has 2 amide bonds. The monoisotopic (exact) mass is 563 g/mol. The molecule has 2 N–H and O–H groups in total. The number of carbonyl (C=O) groups is 3. The summed E-state index contributed by atoms with van der Waals surface area (Å²) >= 11 is 2.36. The Hall–Kier alpha value is -3.73. The summed E-state index contributed by atoms with van der Waals surface area (Å²) in [6, 6.07) is -1.25. The molecule has 1 unspecified atom stereocenters. The van der Waals surface area contributed by atoms with Crippen molar-refractivity contribution in [1.82, 2.24) is 35.0 Å². The van der Waals surface area contributed by atoms with Crippen LogP contribution in [0.2, 0.25) is 0 Å². The van der Waals surface area contributed by atoms with Crippen molar-refractivity contribution in [2.24, 2.45) is 18.1 Å². The number of aryl methyl sites for hydroxylation is 1. The van der Waals surface area contributed by atoms with Crippen LogP contribution in [0.25, 0.3) is 0 Å². The lowest BCUT2D eigenvalue weighted by Gasteiger charge is -2.52. The van der Waals surface area contributed by atoms with Gasteiger partial charge in [-0.15, -0.1) is 16.4 Å². The van der Waals surface area contributed by atoms with Gasteiger partial charge in [0.25, 0.3) is 11.8 Å². The number of anilines is 1. The molecule has 17 heteroatoms. The van der Waals surface area contributed by atoms with Crippen molar-refractivity contribution >= 4 is 51.9 Å². The molecule has 0 aromatic carbocycles. The van der Waals surface area contributed by atoms with Crippen LogP contribution in [0.4, 0.5) is 9.93 Å². The molecule has 2 fully saturated rings. The SMILES string of the molecule is CO/N=C(\C(=O)N1CCC2C(Sc3nnnn3C)=C(OC(=O)OC(C)(C)C)N3C(=O)[C@@H]1[C@@H]23)c1csc(N)n1. The number of hydrogen-bond acceptors (Lipinski definition) is 14. The molecule has 0 radical (unpaired) electrons. The average molecular weight is 564 g/mol. The predicted molar refractivity (Wildman–Crippen MR) is 133 cm³/mol. The number of nitrogens with zero attached hydrogens (tertiary/aromatic N) is 8. The quantitative estimate of drug-likeness (QED) is 0.228. The molecular weight excluding hydrogens is 538 g/mol. The topological polar surface area (TPSA) is 180 Å². The molecule has 2 aromatic heterocycles. The van der Waals surface area contributed by atoms with E-state index < -0.39 is 35.7 Å². The minimum absolute atomic E-state index is 0.0545. The Balaban J connectivity index is 1.45. The first-order chi connectivity index (χ1) is 18.0. The fourth-order valence-corrected chi connectivity index (χ4v) is 6.25. The molecule has 5 heterocycles. The summed E-state index contributed by atoms with van der Waals surface area (Å²) in [5.74, 6) is -1.07. The summed E-state index contributed by atoms with van der Waals surface area (Å²) in [7, 11) is 3.00. The normalized spacial score (nSPS) is 22.8. The minimum atomic E-state index is -0.944. The van der Waals surface area contributed by atoms with Crippen LogP contribution in [0.1, 0.15) is 32.9 Å². The predicted octanol–water partition coefficient (Wildman–Crippen LogP) is 0.954. The molecule has 0 aliphatic carbocycles. The number of oxime groups is 1. The Kier molecular flexibility index (Phi) is 6.50. The number of hydrogen-bond donors (Lipinski definition) is 1. The second-order valence-electron chi connectivity index (χ2n) is 9.65. The Bertz CT molecular complexity index is 1360. The summed E-state index contributed by atoms with van der Waals surface area (Å²) in [5, 5.41) is 17.7. The van der Waals surface area contributed by atoms with Crippen molar-refractivity contribution in [1.29, 1.82) is 0 Å². The highest BCUT2D eigenvalue weighted by Gasteiger charge is 2.65. The molecule has 2 saturated heterocycles. The van der Waals surface area contributed by atoms with Gasteiger partial charge in [-0.3, -0.25) is 14.5 Å². The maximum absolute atomic E-state index is 13.6. The Morgan fingerprint density at radius 3 is 2.68 bits per heavy atom. The number of ether oxygens (including phenoxy) is 2. The molecule has 38 heavy (non-hydrogen) atoms. The van der Waals surface area contributed by atoms with Crippen molar-refractivity contribution in [2.75, 3.05) is 19.4 Å². The molecule has 2 aromatic rings. The molecule has 0 spiro atoms. The zero-order valence-corrected chi connectivity index (χ0v) is 22.8. The Morgan fingerprint density at radius 1 is 1.32 bits per heavy atom. The number of aromatic nitrogens is 5. The number of nitrogens with two attached hydrogens (primary N) is 1. The third kappa shape index (κ3) is 4.44. The van der Waals surface area contributed by atoms with Crippen molar-refractivity contribution in [3.05, 3.63) is 21.9 Å². The lowest BCUT2D eigenvalue weighted by atomic mass is 9.80. The lowest BCUT2D eigenvalue weighted by molar-refractivity contribution is -0.168. The van der Waals surface area contributed by atoms with Crippen molar-refractivity contribution in [3.63, 3.8) is 0 Å². The maximum Gasteiger partial charge on any atom is 0.515 e. The van der Waals surface area contributed by atoms with Crippen LogP contribution in [-0.4, -0.2) is 90.0 Å². The van der Waals surface area contributed by atoms with Crippen LogP contribution >= 0.6 is 23.1 Å². The number of amides is 2. The van der Waals surface area contributed by atoms with Crippen molar-refractivity contribution in [2.45, 2.75) is 50.0 Å². The highest BCUT2D eigenvalue weighted by molar-refractivity contribution is 8.03. The van der Waals surface area contributed by atoms with E-state index in [1.165, 1.54) is 33.4 Å². The van der Waals surface area contributed by atoms with Crippen molar-refractivity contribution in [3.8, 4) is 0 Å². The third-order valence-corrected chi connectivity index (χ3v) is 7.97. The summed E-state index contributed by atoms with van der Waals surface area (Å²) in [6.07, 6.45) is -0.467. The van der Waals surface area contributed by atoms with Crippen LogP contribution in [0.15, 0.2) is 26.5 Å². The van der Waals surface area contributed by atoms with Crippen LogP contribution in [-0.2, 0) is 30.9 Å². The van der Waals surface area contributed by atoms with E-state index >= 15 is 0 Å². The molecule has 3 aliphatic heterocycles. The third-order valence-electron chi connectivity index (χ3n) is 6.07. The van der Waals surface area contributed by atoms with Gasteiger partial charge in [-0.1, -0.05) is 5.16 Å². The van der Waals surface area contributed by atoms with E-state index in [-0.39, 0.29) is 34.9 Å². The zero-order chi connectivity index (χ0) is 27.4. The lowest BCUT2D eigenvalue weighted by Crippen LogP contribution is -2.74. The first kappa shape index (κ1) is 25.9. The van der Waals surface area contributed by atoms with Crippen molar-refractivity contribution < 1.29 is 28.7 Å². The molecule has 3 aliphatic rings. The van der Waals surface area contributed by atoms with Gasteiger partial charge in [0.05, 0.1) is 10.9 Å². The Labute approximate surface area is 224 Å². The summed E-state index contributed by atoms with van der Waals surface area (Å²) in [5.41, 5.74) is 5.15.